The van der Waals surface area contributed by atoms with E-state index >= 15 is 0 Å². The van der Waals surface area contributed by atoms with Crippen LogP contribution in [0.5, 0.6) is 0 Å². The van der Waals surface area contributed by atoms with Crippen molar-refractivity contribution < 1.29 is 9.59 Å². The number of amides is 2. The Morgan fingerprint density at radius 3 is 2.17 bits per heavy atom. The second-order valence-electron chi connectivity index (χ2n) is 5.00. The highest BCUT2D eigenvalue weighted by molar-refractivity contribution is 5.85. The van der Waals surface area contributed by atoms with Gasteiger partial charge in [0.05, 0.1) is 6.04 Å². The first kappa shape index (κ1) is 19.5. The van der Waals surface area contributed by atoms with Gasteiger partial charge in [0, 0.05) is 19.0 Å². The molecule has 0 aromatic carbocycles. The van der Waals surface area contributed by atoms with Gasteiger partial charge in [0.15, 0.2) is 0 Å². The highest BCUT2D eigenvalue weighted by Gasteiger charge is 2.14. The lowest BCUT2D eigenvalue weighted by Crippen LogP contribution is -2.42. The molecule has 108 valence electrons. The maximum atomic E-state index is 11.5. The van der Waals surface area contributed by atoms with Crippen LogP contribution in [0.4, 0.5) is 0 Å². The minimum absolute atomic E-state index is 0. The monoisotopic (exact) mass is 279 g/mol. The molecular weight excluding hydrogens is 254 g/mol. The topological polar surface area (TPSA) is 84.2 Å². The van der Waals surface area contributed by atoms with Gasteiger partial charge in [-0.2, -0.15) is 0 Å². The Labute approximate surface area is 116 Å². The molecule has 0 aliphatic heterocycles. The van der Waals surface area contributed by atoms with Crippen molar-refractivity contribution >= 4 is 24.2 Å². The average molecular weight is 280 g/mol. The number of carbonyl (C=O) groups is 2. The molecule has 0 aromatic heterocycles. The number of hydrogen-bond acceptors (Lipinski definition) is 3. The number of carbonyl (C=O) groups excluding carboxylic acids is 2. The molecule has 0 aliphatic rings. The van der Waals surface area contributed by atoms with Gasteiger partial charge in [0.25, 0.3) is 0 Å². The summed E-state index contributed by atoms with van der Waals surface area (Å²) in [6.45, 7) is 8.17. The van der Waals surface area contributed by atoms with E-state index < -0.39 is 6.04 Å². The van der Waals surface area contributed by atoms with E-state index in [1.165, 1.54) is 0 Å². The van der Waals surface area contributed by atoms with E-state index in [1.807, 2.05) is 27.7 Å². The molecule has 0 saturated heterocycles. The van der Waals surface area contributed by atoms with Crippen LogP contribution in [-0.4, -0.2) is 30.4 Å². The molecule has 4 N–H and O–H groups in total. The summed E-state index contributed by atoms with van der Waals surface area (Å²) in [5.74, 6) is 0.147. The Hall–Kier alpha value is -0.810. The predicted molar refractivity (Wildman–Crippen MR) is 75.6 cm³/mol. The van der Waals surface area contributed by atoms with Gasteiger partial charge in [0.1, 0.15) is 0 Å². The third-order valence-corrected chi connectivity index (χ3v) is 2.16. The number of halogens is 1. The summed E-state index contributed by atoms with van der Waals surface area (Å²) in [4.78, 5) is 22.8. The minimum atomic E-state index is -0.483. The number of nitrogens with two attached hydrogens (primary N) is 1. The van der Waals surface area contributed by atoms with E-state index in [1.54, 1.807) is 0 Å². The summed E-state index contributed by atoms with van der Waals surface area (Å²) < 4.78 is 0. The first-order valence-electron chi connectivity index (χ1n) is 6.15. The van der Waals surface area contributed by atoms with E-state index in [9.17, 15) is 9.59 Å². The van der Waals surface area contributed by atoms with E-state index in [0.29, 0.717) is 18.9 Å². The second kappa shape index (κ2) is 10.1. The van der Waals surface area contributed by atoms with Crippen LogP contribution in [0.3, 0.4) is 0 Å². The van der Waals surface area contributed by atoms with Crippen molar-refractivity contribution in [2.24, 2.45) is 11.7 Å². The highest BCUT2D eigenvalue weighted by Crippen LogP contribution is 2.02. The Kier molecular flexibility index (Phi) is 11.0. The summed E-state index contributed by atoms with van der Waals surface area (Å²) in [6.07, 6.45) is 0.947. The number of rotatable bonds is 7. The molecule has 0 heterocycles. The van der Waals surface area contributed by atoms with Crippen LogP contribution < -0.4 is 16.4 Å². The van der Waals surface area contributed by atoms with E-state index in [-0.39, 0.29) is 36.7 Å². The molecule has 5 nitrogen and oxygen atoms in total. The van der Waals surface area contributed by atoms with Crippen LogP contribution in [0.15, 0.2) is 0 Å². The zero-order valence-corrected chi connectivity index (χ0v) is 12.5. The van der Waals surface area contributed by atoms with Gasteiger partial charge in [-0.25, -0.2) is 0 Å². The molecule has 0 bridgehead atoms. The molecule has 0 aliphatic carbocycles. The summed E-state index contributed by atoms with van der Waals surface area (Å²) >= 11 is 0. The van der Waals surface area contributed by atoms with Crippen molar-refractivity contribution in [3.05, 3.63) is 0 Å². The summed E-state index contributed by atoms with van der Waals surface area (Å²) in [5.41, 5.74) is 5.70. The molecular formula is C12H26ClN3O2. The fourth-order valence-corrected chi connectivity index (χ4v) is 1.44. The Morgan fingerprint density at radius 1 is 1.17 bits per heavy atom. The molecule has 0 saturated carbocycles. The van der Waals surface area contributed by atoms with Crippen LogP contribution in [0.2, 0.25) is 0 Å². The highest BCUT2D eigenvalue weighted by atomic mass is 35.5. The van der Waals surface area contributed by atoms with Crippen LogP contribution in [0.1, 0.15) is 40.5 Å². The zero-order chi connectivity index (χ0) is 13.4. The standard InChI is InChI=1S/C12H25N3O2.ClH/c1-8(2)7-10(13)12(17)14-6-5-11(16)15-9(3)4;/h8-10H,5-7,13H2,1-4H3,(H,14,17)(H,15,16);1H/t10-;/m0./s1. The molecule has 18 heavy (non-hydrogen) atoms. The average Bonchev–Trinajstić information content (AvgIpc) is 2.14. The third kappa shape index (κ3) is 10.4. The summed E-state index contributed by atoms with van der Waals surface area (Å²) in [7, 11) is 0. The summed E-state index contributed by atoms with van der Waals surface area (Å²) in [5, 5.41) is 5.42. The van der Waals surface area contributed by atoms with Crippen molar-refractivity contribution in [2.75, 3.05) is 6.54 Å². The van der Waals surface area contributed by atoms with Gasteiger partial charge in [-0.15, -0.1) is 12.4 Å². The van der Waals surface area contributed by atoms with Gasteiger partial charge in [0.2, 0.25) is 11.8 Å². The van der Waals surface area contributed by atoms with Crippen molar-refractivity contribution in [2.45, 2.75) is 52.6 Å². The van der Waals surface area contributed by atoms with E-state index in [2.05, 4.69) is 10.6 Å². The normalized spacial score (nSPS) is 11.9. The molecule has 0 radical (unpaired) electrons. The van der Waals surface area contributed by atoms with Crippen LogP contribution in [0.25, 0.3) is 0 Å². The van der Waals surface area contributed by atoms with Crippen molar-refractivity contribution in [1.29, 1.82) is 0 Å². The zero-order valence-electron chi connectivity index (χ0n) is 11.7. The lowest BCUT2D eigenvalue weighted by molar-refractivity contribution is -0.123. The maximum absolute atomic E-state index is 11.5. The molecule has 2 amide bonds. The molecule has 0 unspecified atom stereocenters. The maximum Gasteiger partial charge on any atom is 0.236 e. The van der Waals surface area contributed by atoms with Crippen molar-refractivity contribution in [1.82, 2.24) is 10.6 Å². The quantitative estimate of drug-likeness (QED) is 0.645. The first-order chi connectivity index (χ1) is 7.82. The smallest absolute Gasteiger partial charge is 0.236 e. The molecule has 1 atom stereocenters. The van der Waals surface area contributed by atoms with Crippen LogP contribution >= 0.6 is 12.4 Å². The van der Waals surface area contributed by atoms with Gasteiger partial charge in [-0.3, -0.25) is 9.59 Å². The van der Waals surface area contributed by atoms with Gasteiger partial charge >= 0.3 is 0 Å². The van der Waals surface area contributed by atoms with Crippen LogP contribution in [-0.2, 0) is 9.59 Å². The number of hydrogen-bond donors (Lipinski definition) is 3. The fourth-order valence-electron chi connectivity index (χ4n) is 1.44. The molecule has 6 heteroatoms. The van der Waals surface area contributed by atoms with Crippen LogP contribution in [0, 0.1) is 5.92 Å². The second-order valence-corrected chi connectivity index (χ2v) is 5.00. The molecule has 0 aromatic rings. The Morgan fingerprint density at radius 2 is 1.72 bits per heavy atom. The first-order valence-corrected chi connectivity index (χ1v) is 6.15. The lowest BCUT2D eigenvalue weighted by Gasteiger charge is -2.14. The predicted octanol–water partition coefficient (Wildman–Crippen LogP) is 0.813. The van der Waals surface area contributed by atoms with Crippen molar-refractivity contribution in [3.8, 4) is 0 Å². The fraction of sp³-hybridized carbons (Fsp3) is 0.833. The minimum Gasteiger partial charge on any atom is -0.354 e. The van der Waals surface area contributed by atoms with Gasteiger partial charge in [-0.05, 0) is 26.2 Å². The van der Waals surface area contributed by atoms with Gasteiger partial charge < -0.3 is 16.4 Å². The van der Waals surface area contributed by atoms with Gasteiger partial charge in [-0.1, -0.05) is 13.8 Å². The van der Waals surface area contributed by atoms with E-state index in [0.717, 1.165) is 0 Å². The van der Waals surface area contributed by atoms with E-state index in [4.69, 9.17) is 5.73 Å². The number of nitrogens with one attached hydrogen (secondary N) is 2. The molecule has 0 rings (SSSR count). The summed E-state index contributed by atoms with van der Waals surface area (Å²) in [6, 6.07) is -0.357. The largest absolute Gasteiger partial charge is 0.354 e. The van der Waals surface area contributed by atoms with Crippen molar-refractivity contribution in [3.63, 3.8) is 0 Å². The molecule has 0 fully saturated rings. The Balaban J connectivity index is 0. The third-order valence-electron chi connectivity index (χ3n) is 2.16. The Bertz CT molecular complexity index is 258. The molecule has 0 spiro atoms. The lowest BCUT2D eigenvalue weighted by atomic mass is 10.0. The SMILES string of the molecule is CC(C)C[C@H](N)C(=O)NCCC(=O)NC(C)C.Cl.